The van der Waals surface area contributed by atoms with Crippen molar-refractivity contribution in [2.45, 2.75) is 24.8 Å². The van der Waals surface area contributed by atoms with Crippen molar-refractivity contribution in [1.82, 2.24) is 4.31 Å². The summed E-state index contributed by atoms with van der Waals surface area (Å²) in [7, 11) is -3.77. The summed E-state index contributed by atoms with van der Waals surface area (Å²) < 4.78 is 40.7. The number of benzene rings is 2. The Bertz CT molecular complexity index is 754. The maximum absolute atomic E-state index is 13.7. The quantitative estimate of drug-likeness (QED) is 0.812. The lowest BCUT2D eigenvalue weighted by molar-refractivity contribution is 0.401. The number of sulfonamides is 1. The largest absolute Gasteiger partial charge is 0.330 e. The second-order valence-electron chi connectivity index (χ2n) is 5.38. The van der Waals surface area contributed by atoms with Crippen LogP contribution in [0.4, 0.5) is 4.39 Å². The number of nitrogens with zero attached hydrogens (tertiary/aromatic N) is 1. The monoisotopic (exact) mass is 372 g/mol. The first kappa shape index (κ1) is 20.6. The Morgan fingerprint density at radius 1 is 1.12 bits per heavy atom. The zero-order valence-electron chi connectivity index (χ0n) is 13.5. The Labute approximate surface area is 148 Å². The van der Waals surface area contributed by atoms with Crippen LogP contribution in [0.15, 0.2) is 53.4 Å². The molecule has 7 heteroatoms. The average molecular weight is 373 g/mol. The van der Waals surface area contributed by atoms with Crippen LogP contribution in [0.3, 0.4) is 0 Å². The van der Waals surface area contributed by atoms with E-state index in [-0.39, 0.29) is 23.8 Å². The number of hydrogen-bond acceptors (Lipinski definition) is 3. The predicted molar refractivity (Wildman–Crippen MR) is 96.1 cm³/mol. The van der Waals surface area contributed by atoms with Gasteiger partial charge in [-0.2, -0.15) is 4.31 Å². The smallest absolute Gasteiger partial charge is 0.243 e. The SMILES string of the molecule is Cc1ccc(S(=O)(=O)N(CCCN)Cc2ccccc2)cc1F.Cl. The van der Waals surface area contributed by atoms with Gasteiger partial charge in [0.05, 0.1) is 4.90 Å². The van der Waals surface area contributed by atoms with Crippen LogP contribution < -0.4 is 5.73 Å². The van der Waals surface area contributed by atoms with Crippen molar-refractivity contribution in [2.24, 2.45) is 5.73 Å². The summed E-state index contributed by atoms with van der Waals surface area (Å²) >= 11 is 0. The van der Waals surface area contributed by atoms with Gasteiger partial charge in [-0.15, -0.1) is 12.4 Å². The second-order valence-corrected chi connectivity index (χ2v) is 7.32. The van der Waals surface area contributed by atoms with Crippen molar-refractivity contribution in [2.75, 3.05) is 13.1 Å². The van der Waals surface area contributed by atoms with E-state index in [4.69, 9.17) is 5.73 Å². The number of hydrogen-bond donors (Lipinski definition) is 1. The number of aryl methyl sites for hydroxylation is 1. The number of nitrogens with two attached hydrogens (primary N) is 1. The molecule has 0 amide bonds. The van der Waals surface area contributed by atoms with Crippen molar-refractivity contribution >= 4 is 22.4 Å². The zero-order chi connectivity index (χ0) is 16.9. The van der Waals surface area contributed by atoms with E-state index in [1.807, 2.05) is 30.3 Å². The van der Waals surface area contributed by atoms with Crippen molar-refractivity contribution in [1.29, 1.82) is 0 Å². The maximum atomic E-state index is 13.7. The van der Waals surface area contributed by atoms with E-state index in [1.54, 1.807) is 6.92 Å². The third-order valence-electron chi connectivity index (χ3n) is 3.59. The van der Waals surface area contributed by atoms with E-state index >= 15 is 0 Å². The average Bonchev–Trinajstić information content (AvgIpc) is 2.54. The van der Waals surface area contributed by atoms with Gasteiger partial charge in [-0.3, -0.25) is 0 Å². The molecule has 0 saturated carbocycles. The third-order valence-corrected chi connectivity index (χ3v) is 5.44. The van der Waals surface area contributed by atoms with Crippen LogP contribution in [0.25, 0.3) is 0 Å². The topological polar surface area (TPSA) is 63.4 Å². The Morgan fingerprint density at radius 2 is 1.79 bits per heavy atom. The molecule has 2 N–H and O–H groups in total. The molecule has 2 aromatic carbocycles. The van der Waals surface area contributed by atoms with Gasteiger partial charge >= 0.3 is 0 Å². The van der Waals surface area contributed by atoms with Gasteiger partial charge in [-0.05, 0) is 43.1 Å². The summed E-state index contributed by atoms with van der Waals surface area (Å²) in [6.07, 6.45) is 0.542. The molecule has 0 saturated heterocycles. The Hall–Kier alpha value is -1.47. The molecule has 24 heavy (non-hydrogen) atoms. The molecule has 132 valence electrons. The first-order valence-electron chi connectivity index (χ1n) is 7.45. The van der Waals surface area contributed by atoms with Crippen molar-refractivity contribution in [3.8, 4) is 0 Å². The minimum atomic E-state index is -3.77. The lowest BCUT2D eigenvalue weighted by Crippen LogP contribution is -2.32. The molecule has 0 fully saturated rings. The molecule has 0 aliphatic rings. The first-order chi connectivity index (χ1) is 10.9. The van der Waals surface area contributed by atoms with Crippen LogP contribution in [0.2, 0.25) is 0 Å². The van der Waals surface area contributed by atoms with Crippen LogP contribution in [0.5, 0.6) is 0 Å². The summed E-state index contributed by atoms with van der Waals surface area (Å²) in [6, 6.07) is 13.3. The number of rotatable bonds is 7. The first-order valence-corrected chi connectivity index (χ1v) is 8.89. The molecule has 0 spiro atoms. The van der Waals surface area contributed by atoms with Crippen LogP contribution in [-0.2, 0) is 16.6 Å². The molecule has 0 aliphatic carbocycles. The molecule has 0 radical (unpaired) electrons. The van der Waals surface area contributed by atoms with Gasteiger partial charge in [0.15, 0.2) is 0 Å². The molecule has 0 aliphatic heterocycles. The standard InChI is InChI=1S/C17H21FN2O2S.ClH/c1-14-8-9-16(12-17(14)18)23(21,22)20(11-5-10-19)13-15-6-3-2-4-7-15;/h2-4,6-9,12H,5,10-11,13,19H2,1H3;1H. The highest BCUT2D eigenvalue weighted by atomic mass is 35.5. The summed E-state index contributed by atoms with van der Waals surface area (Å²) in [5.74, 6) is -0.524. The van der Waals surface area contributed by atoms with Crippen LogP contribution in [0, 0.1) is 12.7 Å². The highest BCUT2D eigenvalue weighted by Gasteiger charge is 2.25. The van der Waals surface area contributed by atoms with E-state index in [1.165, 1.54) is 16.4 Å². The van der Waals surface area contributed by atoms with Crippen LogP contribution in [0.1, 0.15) is 17.5 Å². The molecule has 0 aromatic heterocycles. The molecule has 4 nitrogen and oxygen atoms in total. The predicted octanol–water partition coefficient (Wildman–Crippen LogP) is 3.10. The van der Waals surface area contributed by atoms with Gasteiger partial charge < -0.3 is 5.73 Å². The van der Waals surface area contributed by atoms with E-state index in [2.05, 4.69) is 0 Å². The van der Waals surface area contributed by atoms with Crippen molar-refractivity contribution in [3.05, 3.63) is 65.5 Å². The van der Waals surface area contributed by atoms with Crippen LogP contribution in [-0.4, -0.2) is 25.8 Å². The molecule has 2 rings (SSSR count). The molecule has 0 heterocycles. The fraction of sp³-hybridized carbons (Fsp3) is 0.294. The van der Waals surface area contributed by atoms with E-state index in [9.17, 15) is 12.8 Å². The van der Waals surface area contributed by atoms with E-state index < -0.39 is 15.8 Å². The Morgan fingerprint density at radius 3 is 2.38 bits per heavy atom. The van der Waals surface area contributed by atoms with Gasteiger partial charge in [-0.1, -0.05) is 36.4 Å². The van der Waals surface area contributed by atoms with E-state index in [0.717, 1.165) is 11.6 Å². The highest BCUT2D eigenvalue weighted by molar-refractivity contribution is 7.89. The summed E-state index contributed by atoms with van der Waals surface area (Å²) in [4.78, 5) is -0.0337. The fourth-order valence-electron chi connectivity index (χ4n) is 2.22. The van der Waals surface area contributed by atoms with Crippen molar-refractivity contribution in [3.63, 3.8) is 0 Å². The highest BCUT2D eigenvalue weighted by Crippen LogP contribution is 2.21. The summed E-state index contributed by atoms with van der Waals surface area (Å²) in [6.45, 7) is 2.52. The lowest BCUT2D eigenvalue weighted by atomic mass is 10.2. The molecule has 2 aromatic rings. The lowest BCUT2D eigenvalue weighted by Gasteiger charge is -2.22. The Balaban J connectivity index is 0.00000288. The third kappa shape index (κ3) is 5.01. The van der Waals surface area contributed by atoms with Gasteiger partial charge in [0.25, 0.3) is 0 Å². The molecular weight excluding hydrogens is 351 g/mol. The molecular formula is C17H22ClFN2O2S. The minimum Gasteiger partial charge on any atom is -0.330 e. The Kier molecular flexibility index (Phi) is 7.83. The fourth-order valence-corrected chi connectivity index (χ4v) is 3.70. The maximum Gasteiger partial charge on any atom is 0.243 e. The van der Waals surface area contributed by atoms with Gasteiger partial charge in [0, 0.05) is 13.1 Å². The molecule has 0 atom stereocenters. The van der Waals surface area contributed by atoms with E-state index in [0.29, 0.717) is 25.1 Å². The molecule has 0 bridgehead atoms. The second kappa shape index (κ2) is 9.13. The summed E-state index contributed by atoms with van der Waals surface area (Å²) in [5, 5.41) is 0. The minimum absolute atomic E-state index is 0. The molecule has 0 unspecified atom stereocenters. The zero-order valence-corrected chi connectivity index (χ0v) is 15.1. The van der Waals surface area contributed by atoms with Crippen molar-refractivity contribution < 1.29 is 12.8 Å². The normalized spacial score (nSPS) is 11.3. The number of halogens is 2. The van der Waals surface area contributed by atoms with Crippen LogP contribution >= 0.6 is 12.4 Å². The van der Waals surface area contributed by atoms with Gasteiger partial charge in [0.2, 0.25) is 10.0 Å². The summed E-state index contributed by atoms with van der Waals surface area (Å²) in [5.41, 5.74) is 6.81. The van der Waals surface area contributed by atoms with Gasteiger partial charge in [0.1, 0.15) is 5.82 Å². The van der Waals surface area contributed by atoms with Gasteiger partial charge in [-0.25, -0.2) is 12.8 Å².